The normalized spacial score (nSPS) is 18.3. The molecule has 162 valence electrons. The van der Waals surface area contributed by atoms with Crippen LogP contribution >= 0.6 is 0 Å². The lowest BCUT2D eigenvalue weighted by Gasteiger charge is -2.29. The fraction of sp³-hybridized carbons (Fsp3) is 0.474. The van der Waals surface area contributed by atoms with Gasteiger partial charge in [-0.1, -0.05) is 6.07 Å². The van der Waals surface area contributed by atoms with Gasteiger partial charge in [0.15, 0.2) is 0 Å². The number of nitrogens with one attached hydrogen (secondary N) is 2. The van der Waals surface area contributed by atoms with Crippen LogP contribution in [0.3, 0.4) is 0 Å². The van der Waals surface area contributed by atoms with Crippen molar-refractivity contribution >= 4 is 21.7 Å². The number of aromatic amines is 1. The van der Waals surface area contributed by atoms with Crippen molar-refractivity contribution in [3.05, 3.63) is 41.9 Å². The van der Waals surface area contributed by atoms with Gasteiger partial charge in [0, 0.05) is 50.7 Å². The summed E-state index contributed by atoms with van der Waals surface area (Å²) in [5.41, 5.74) is 1.08. The molecule has 4 heterocycles. The molecular weight excluding hydrogens is 410 g/mol. The van der Waals surface area contributed by atoms with E-state index >= 15 is 0 Å². The van der Waals surface area contributed by atoms with Crippen LogP contribution in [-0.4, -0.2) is 81.2 Å². The average Bonchev–Trinajstić information content (AvgIpc) is 3.30. The van der Waals surface area contributed by atoms with Crippen molar-refractivity contribution in [3.63, 3.8) is 0 Å². The topological polar surface area (TPSA) is 117 Å². The Morgan fingerprint density at radius 2 is 1.83 bits per heavy atom. The number of carbonyl (C=O) groups excluding carboxylic acids is 1. The van der Waals surface area contributed by atoms with Crippen molar-refractivity contribution in [3.8, 4) is 0 Å². The van der Waals surface area contributed by atoms with Gasteiger partial charge < -0.3 is 24.7 Å². The third kappa shape index (κ3) is 4.48. The van der Waals surface area contributed by atoms with E-state index in [0.717, 1.165) is 24.5 Å². The first-order valence-corrected chi connectivity index (χ1v) is 11.3. The minimum absolute atomic E-state index is 0.0740. The molecule has 0 saturated carbocycles. The molecule has 0 atom stereocenters. The zero-order chi connectivity index (χ0) is 21.0. The molecule has 0 unspecified atom stereocenters. The van der Waals surface area contributed by atoms with Crippen LogP contribution in [0.4, 0.5) is 5.82 Å². The van der Waals surface area contributed by atoms with Gasteiger partial charge in [-0.15, -0.1) is 0 Å². The summed E-state index contributed by atoms with van der Waals surface area (Å²) in [6.07, 6.45) is 3.08. The van der Waals surface area contributed by atoms with Crippen LogP contribution < -0.4 is 10.2 Å². The molecule has 0 spiro atoms. The molecule has 2 saturated heterocycles. The molecule has 0 bridgehead atoms. The van der Waals surface area contributed by atoms with Crippen LogP contribution in [0, 0.1) is 0 Å². The summed E-state index contributed by atoms with van der Waals surface area (Å²) < 4.78 is 37.4. The highest BCUT2D eigenvalue weighted by molar-refractivity contribution is 7.89. The van der Waals surface area contributed by atoms with Gasteiger partial charge in [0.25, 0.3) is 5.91 Å². The second kappa shape index (κ2) is 9.13. The number of morpholine rings is 2. The van der Waals surface area contributed by atoms with Gasteiger partial charge in [-0.05, 0) is 12.1 Å². The maximum Gasteiger partial charge on any atom is 0.268 e. The largest absolute Gasteiger partial charge is 0.379 e. The van der Waals surface area contributed by atoms with Crippen molar-refractivity contribution in [2.75, 3.05) is 57.5 Å². The Hall–Kier alpha value is -2.47. The monoisotopic (exact) mass is 435 g/mol. The lowest BCUT2D eigenvalue weighted by Crippen LogP contribution is -2.40. The fourth-order valence-corrected chi connectivity index (χ4v) is 4.89. The minimum atomic E-state index is -3.65. The maximum atomic E-state index is 12.7. The second-order valence-corrected chi connectivity index (χ2v) is 8.97. The van der Waals surface area contributed by atoms with Gasteiger partial charge in [0.2, 0.25) is 10.0 Å². The van der Waals surface area contributed by atoms with E-state index in [2.05, 4.69) is 20.2 Å². The number of H-pyrrole nitrogens is 1. The highest BCUT2D eigenvalue weighted by atomic mass is 32.2. The molecule has 2 aliphatic rings. The first kappa shape index (κ1) is 20.8. The van der Waals surface area contributed by atoms with E-state index < -0.39 is 10.0 Å². The van der Waals surface area contributed by atoms with Gasteiger partial charge in [0.1, 0.15) is 16.4 Å². The number of pyridine rings is 1. The third-order valence-corrected chi connectivity index (χ3v) is 7.00. The summed E-state index contributed by atoms with van der Waals surface area (Å²) in [6.45, 7) is 4.41. The molecule has 2 aromatic heterocycles. The standard InChI is InChI=1S/C19H25N5O5S/c25-19(17-12-16(14-21-17)30(26,27)24-6-10-29-11-7-24)22-13-15-2-1-3-20-18(15)23-4-8-28-9-5-23/h1-3,12,14,21H,4-11,13H2,(H,22,25). The molecule has 4 rings (SSSR count). The molecule has 2 N–H and O–H groups in total. The Morgan fingerprint density at radius 3 is 2.57 bits per heavy atom. The van der Waals surface area contributed by atoms with Gasteiger partial charge in [0.05, 0.1) is 26.4 Å². The Bertz CT molecular complexity index is 981. The quantitative estimate of drug-likeness (QED) is 0.666. The Labute approximate surface area is 175 Å². The molecule has 1 amide bonds. The molecule has 0 radical (unpaired) electrons. The number of anilines is 1. The van der Waals surface area contributed by atoms with Crippen LogP contribution in [0.5, 0.6) is 0 Å². The van der Waals surface area contributed by atoms with Gasteiger partial charge in [-0.25, -0.2) is 13.4 Å². The summed E-state index contributed by atoms with van der Waals surface area (Å²) in [4.78, 5) is 22.0. The highest BCUT2D eigenvalue weighted by Crippen LogP contribution is 2.20. The van der Waals surface area contributed by atoms with Crippen molar-refractivity contribution in [2.45, 2.75) is 11.4 Å². The van der Waals surface area contributed by atoms with Crippen LogP contribution in [0.15, 0.2) is 35.5 Å². The smallest absolute Gasteiger partial charge is 0.268 e. The highest BCUT2D eigenvalue weighted by Gasteiger charge is 2.28. The maximum absolute atomic E-state index is 12.7. The van der Waals surface area contributed by atoms with Crippen molar-refractivity contribution < 1.29 is 22.7 Å². The lowest BCUT2D eigenvalue weighted by atomic mass is 10.2. The number of carbonyl (C=O) groups is 1. The van der Waals surface area contributed by atoms with Gasteiger partial charge in [-0.2, -0.15) is 4.31 Å². The molecular formula is C19H25N5O5S. The van der Waals surface area contributed by atoms with E-state index in [-0.39, 0.29) is 23.0 Å². The van der Waals surface area contributed by atoms with Gasteiger partial charge >= 0.3 is 0 Å². The van der Waals surface area contributed by atoms with Crippen molar-refractivity contribution in [2.24, 2.45) is 0 Å². The fourth-order valence-electron chi connectivity index (χ4n) is 3.49. The van der Waals surface area contributed by atoms with Crippen molar-refractivity contribution in [1.29, 1.82) is 0 Å². The zero-order valence-corrected chi connectivity index (χ0v) is 17.4. The number of sulfonamides is 1. The predicted molar refractivity (Wildman–Crippen MR) is 109 cm³/mol. The number of nitrogens with zero attached hydrogens (tertiary/aromatic N) is 3. The predicted octanol–water partition coefficient (Wildman–Crippen LogP) is 0.197. The van der Waals surface area contributed by atoms with Crippen molar-refractivity contribution in [1.82, 2.24) is 19.6 Å². The second-order valence-electron chi connectivity index (χ2n) is 7.03. The van der Waals surface area contributed by atoms with E-state index in [1.165, 1.54) is 16.6 Å². The number of rotatable bonds is 6. The Balaban J connectivity index is 1.42. The summed E-state index contributed by atoms with van der Waals surface area (Å²) in [7, 11) is -3.65. The number of aromatic nitrogens is 2. The first-order chi connectivity index (χ1) is 14.6. The first-order valence-electron chi connectivity index (χ1n) is 9.87. The van der Waals surface area contributed by atoms with Crippen LogP contribution in [0.25, 0.3) is 0 Å². The summed E-state index contributed by atoms with van der Waals surface area (Å²) in [6, 6.07) is 5.11. The van der Waals surface area contributed by atoms with E-state index in [1.807, 2.05) is 12.1 Å². The van der Waals surface area contributed by atoms with Crippen LogP contribution in [0.2, 0.25) is 0 Å². The summed E-state index contributed by atoms with van der Waals surface area (Å²) in [5.74, 6) is 0.443. The lowest BCUT2D eigenvalue weighted by molar-refractivity contribution is 0.0730. The van der Waals surface area contributed by atoms with Gasteiger partial charge in [-0.3, -0.25) is 4.79 Å². The number of ether oxygens (including phenoxy) is 2. The van der Waals surface area contributed by atoms with E-state index in [4.69, 9.17) is 9.47 Å². The minimum Gasteiger partial charge on any atom is -0.379 e. The molecule has 0 aromatic carbocycles. The molecule has 2 aromatic rings. The van der Waals surface area contributed by atoms with Crippen LogP contribution in [-0.2, 0) is 26.0 Å². The Kier molecular flexibility index (Phi) is 6.32. The van der Waals surface area contributed by atoms with E-state index in [9.17, 15) is 13.2 Å². The molecule has 11 heteroatoms. The molecule has 2 aliphatic heterocycles. The Morgan fingerprint density at radius 1 is 1.13 bits per heavy atom. The summed E-state index contributed by atoms with van der Waals surface area (Å²) in [5, 5.41) is 2.84. The SMILES string of the molecule is O=C(NCc1cccnc1N1CCOCC1)c1cc(S(=O)(=O)N2CCOCC2)c[nH]1. The van der Waals surface area contributed by atoms with E-state index in [0.29, 0.717) is 39.5 Å². The van der Waals surface area contributed by atoms with E-state index in [1.54, 1.807) is 6.20 Å². The zero-order valence-electron chi connectivity index (χ0n) is 16.5. The molecule has 2 fully saturated rings. The summed E-state index contributed by atoms with van der Waals surface area (Å²) >= 11 is 0. The average molecular weight is 436 g/mol. The number of hydrogen-bond donors (Lipinski definition) is 2. The molecule has 30 heavy (non-hydrogen) atoms. The molecule has 10 nitrogen and oxygen atoms in total. The van der Waals surface area contributed by atoms with Crippen LogP contribution in [0.1, 0.15) is 16.1 Å². The third-order valence-electron chi connectivity index (χ3n) is 5.13. The molecule has 0 aliphatic carbocycles. The number of hydrogen-bond acceptors (Lipinski definition) is 7. The number of amides is 1.